The zero-order chi connectivity index (χ0) is 13.7. The zero-order valence-corrected chi connectivity index (χ0v) is 9.64. The molecule has 0 saturated carbocycles. The third-order valence-electron chi connectivity index (χ3n) is 2.61. The van der Waals surface area contributed by atoms with Crippen LogP contribution in [0.3, 0.4) is 0 Å². The summed E-state index contributed by atoms with van der Waals surface area (Å²) >= 11 is 0. The number of rotatable bonds is 6. The molecule has 0 aliphatic carbocycles. The average Bonchev–Trinajstić information content (AvgIpc) is 2.70. The minimum absolute atomic E-state index is 0.0723. The zero-order valence-electron chi connectivity index (χ0n) is 9.64. The summed E-state index contributed by atoms with van der Waals surface area (Å²) in [5.74, 6) is -2.67. The number of aliphatic carboxylic acids is 1. The van der Waals surface area contributed by atoms with Crippen LogP contribution in [-0.4, -0.2) is 40.9 Å². The van der Waals surface area contributed by atoms with Crippen molar-refractivity contribution in [1.29, 1.82) is 0 Å². The molecule has 0 aromatic heterocycles. The van der Waals surface area contributed by atoms with Crippen LogP contribution in [0.1, 0.15) is 25.7 Å². The molecule has 0 aromatic rings. The van der Waals surface area contributed by atoms with E-state index in [0.717, 1.165) is 0 Å². The fourth-order valence-electron chi connectivity index (χ4n) is 1.63. The lowest BCUT2D eigenvalue weighted by Crippen LogP contribution is -2.49. The number of carboxylic acids is 1. The molecule has 8 heteroatoms. The SMILES string of the molecule is NC(=O)CC[C@H](NC(=O)C1CCC(=O)N1)C(=O)O. The highest BCUT2D eigenvalue weighted by Gasteiger charge is 2.30. The number of carbonyl (C=O) groups is 4. The molecular formula is C10H15N3O5. The summed E-state index contributed by atoms with van der Waals surface area (Å²) in [6.07, 6.45) is 0.384. The Labute approximate surface area is 103 Å². The summed E-state index contributed by atoms with van der Waals surface area (Å²) in [7, 11) is 0. The van der Waals surface area contributed by atoms with Crippen molar-refractivity contribution in [2.24, 2.45) is 5.73 Å². The lowest BCUT2D eigenvalue weighted by molar-refractivity contribution is -0.142. The Hall–Kier alpha value is -2.12. The maximum Gasteiger partial charge on any atom is 0.326 e. The Bertz CT molecular complexity index is 382. The molecule has 2 atom stereocenters. The lowest BCUT2D eigenvalue weighted by atomic mass is 10.1. The van der Waals surface area contributed by atoms with Gasteiger partial charge < -0.3 is 21.5 Å². The van der Waals surface area contributed by atoms with E-state index in [1.54, 1.807) is 0 Å². The molecule has 1 heterocycles. The van der Waals surface area contributed by atoms with E-state index >= 15 is 0 Å². The molecule has 8 nitrogen and oxygen atoms in total. The smallest absolute Gasteiger partial charge is 0.326 e. The molecule has 1 aliphatic heterocycles. The molecule has 18 heavy (non-hydrogen) atoms. The minimum Gasteiger partial charge on any atom is -0.480 e. The van der Waals surface area contributed by atoms with Crippen molar-refractivity contribution in [3.63, 3.8) is 0 Å². The highest BCUT2D eigenvalue weighted by Crippen LogP contribution is 2.07. The molecule has 0 spiro atoms. The first-order valence-corrected chi connectivity index (χ1v) is 5.51. The Morgan fingerprint density at radius 1 is 1.50 bits per heavy atom. The number of carbonyl (C=O) groups excluding carboxylic acids is 3. The van der Waals surface area contributed by atoms with Crippen molar-refractivity contribution >= 4 is 23.7 Å². The van der Waals surface area contributed by atoms with E-state index in [-0.39, 0.29) is 25.2 Å². The predicted molar refractivity (Wildman–Crippen MR) is 59.2 cm³/mol. The minimum atomic E-state index is -1.24. The molecule has 1 unspecified atom stereocenters. The van der Waals surface area contributed by atoms with Gasteiger partial charge in [0.15, 0.2) is 0 Å². The summed E-state index contributed by atoms with van der Waals surface area (Å²) in [6.45, 7) is 0. The number of primary amides is 1. The monoisotopic (exact) mass is 257 g/mol. The first-order chi connectivity index (χ1) is 8.40. The molecule has 3 amide bonds. The van der Waals surface area contributed by atoms with E-state index in [4.69, 9.17) is 10.8 Å². The third-order valence-corrected chi connectivity index (χ3v) is 2.61. The predicted octanol–water partition coefficient (Wildman–Crippen LogP) is -1.90. The molecule has 0 aromatic carbocycles. The molecule has 1 aliphatic rings. The number of nitrogens with one attached hydrogen (secondary N) is 2. The van der Waals surface area contributed by atoms with Crippen LogP contribution >= 0.6 is 0 Å². The molecule has 1 saturated heterocycles. The van der Waals surface area contributed by atoms with E-state index in [0.29, 0.717) is 6.42 Å². The molecule has 1 fully saturated rings. The number of carboxylic acid groups (broad SMARTS) is 1. The number of hydrogen-bond donors (Lipinski definition) is 4. The standard InChI is InChI=1S/C10H15N3O5/c11-7(14)3-1-6(10(17)18)13-9(16)5-2-4-8(15)12-5/h5-6H,1-4H2,(H2,11,14)(H,12,15)(H,13,16)(H,17,18)/t5?,6-/m0/s1. The first kappa shape index (κ1) is 13.9. The van der Waals surface area contributed by atoms with Crippen molar-refractivity contribution in [3.8, 4) is 0 Å². The van der Waals surface area contributed by atoms with Crippen LogP contribution in [0, 0.1) is 0 Å². The maximum atomic E-state index is 11.6. The number of nitrogens with two attached hydrogens (primary N) is 1. The second-order valence-corrected chi connectivity index (χ2v) is 4.06. The highest BCUT2D eigenvalue weighted by molar-refractivity contribution is 5.92. The Kier molecular flexibility index (Phi) is 4.64. The lowest BCUT2D eigenvalue weighted by Gasteiger charge is -2.16. The summed E-state index contributed by atoms with van der Waals surface area (Å²) in [6, 6.07) is -1.88. The Morgan fingerprint density at radius 3 is 2.61 bits per heavy atom. The van der Waals surface area contributed by atoms with Crippen molar-refractivity contribution < 1.29 is 24.3 Å². The summed E-state index contributed by atoms with van der Waals surface area (Å²) in [4.78, 5) is 44.0. The first-order valence-electron chi connectivity index (χ1n) is 5.51. The quantitative estimate of drug-likeness (QED) is 0.440. The van der Waals surface area contributed by atoms with Crippen molar-refractivity contribution in [3.05, 3.63) is 0 Å². The van der Waals surface area contributed by atoms with Gasteiger partial charge in [0, 0.05) is 12.8 Å². The third kappa shape index (κ3) is 4.04. The topological polar surface area (TPSA) is 139 Å². The van der Waals surface area contributed by atoms with E-state index in [2.05, 4.69) is 10.6 Å². The van der Waals surface area contributed by atoms with E-state index in [1.165, 1.54) is 0 Å². The second kappa shape index (κ2) is 5.99. The number of amides is 3. The van der Waals surface area contributed by atoms with E-state index in [9.17, 15) is 19.2 Å². The van der Waals surface area contributed by atoms with Gasteiger partial charge in [0.2, 0.25) is 17.7 Å². The van der Waals surface area contributed by atoms with Gasteiger partial charge >= 0.3 is 5.97 Å². The van der Waals surface area contributed by atoms with Crippen LogP contribution < -0.4 is 16.4 Å². The second-order valence-electron chi connectivity index (χ2n) is 4.06. The van der Waals surface area contributed by atoms with Crippen molar-refractivity contribution in [2.45, 2.75) is 37.8 Å². The summed E-state index contributed by atoms with van der Waals surface area (Å²) in [5.41, 5.74) is 4.91. The van der Waals surface area contributed by atoms with Gasteiger partial charge in [-0.2, -0.15) is 0 Å². The summed E-state index contributed by atoms with van der Waals surface area (Å²) < 4.78 is 0. The normalized spacial score (nSPS) is 20.0. The molecule has 100 valence electrons. The fraction of sp³-hybridized carbons (Fsp3) is 0.600. The van der Waals surface area contributed by atoms with Gasteiger partial charge in [-0.05, 0) is 12.8 Å². The Balaban J connectivity index is 2.49. The highest BCUT2D eigenvalue weighted by atomic mass is 16.4. The van der Waals surface area contributed by atoms with Gasteiger partial charge in [0.05, 0.1) is 0 Å². The van der Waals surface area contributed by atoms with Gasteiger partial charge in [0.1, 0.15) is 12.1 Å². The van der Waals surface area contributed by atoms with Gasteiger partial charge in [-0.1, -0.05) is 0 Å². The van der Waals surface area contributed by atoms with Crippen LogP contribution in [0.5, 0.6) is 0 Å². The largest absolute Gasteiger partial charge is 0.480 e. The van der Waals surface area contributed by atoms with Crippen LogP contribution in [-0.2, 0) is 19.2 Å². The van der Waals surface area contributed by atoms with Gasteiger partial charge in [-0.15, -0.1) is 0 Å². The Morgan fingerprint density at radius 2 is 2.17 bits per heavy atom. The summed E-state index contributed by atoms with van der Waals surface area (Å²) in [5, 5.41) is 13.6. The average molecular weight is 257 g/mol. The van der Waals surface area contributed by atoms with Crippen LogP contribution in [0.2, 0.25) is 0 Å². The van der Waals surface area contributed by atoms with Gasteiger partial charge in [0.25, 0.3) is 0 Å². The van der Waals surface area contributed by atoms with Crippen LogP contribution in [0.15, 0.2) is 0 Å². The maximum absolute atomic E-state index is 11.6. The van der Waals surface area contributed by atoms with Gasteiger partial charge in [-0.3, -0.25) is 14.4 Å². The van der Waals surface area contributed by atoms with Crippen LogP contribution in [0.4, 0.5) is 0 Å². The molecule has 1 rings (SSSR count). The van der Waals surface area contributed by atoms with Crippen LogP contribution in [0.25, 0.3) is 0 Å². The molecule has 0 bridgehead atoms. The van der Waals surface area contributed by atoms with E-state index < -0.39 is 29.9 Å². The van der Waals surface area contributed by atoms with Crippen molar-refractivity contribution in [1.82, 2.24) is 10.6 Å². The molecule has 0 radical (unpaired) electrons. The number of hydrogen-bond acceptors (Lipinski definition) is 4. The molecular weight excluding hydrogens is 242 g/mol. The van der Waals surface area contributed by atoms with Crippen molar-refractivity contribution in [2.75, 3.05) is 0 Å². The van der Waals surface area contributed by atoms with Gasteiger partial charge in [-0.25, -0.2) is 4.79 Å². The van der Waals surface area contributed by atoms with E-state index in [1.807, 2.05) is 0 Å². The molecule has 5 N–H and O–H groups in total. The fourth-order valence-corrected chi connectivity index (χ4v) is 1.63.